The number of amides is 1. The van der Waals surface area contributed by atoms with Crippen LogP contribution in [0.15, 0.2) is 70.3 Å². The first kappa shape index (κ1) is 24.8. The van der Waals surface area contributed by atoms with Crippen molar-refractivity contribution in [2.45, 2.75) is 24.1 Å². The van der Waals surface area contributed by atoms with Crippen molar-refractivity contribution >= 4 is 33.0 Å². The van der Waals surface area contributed by atoms with E-state index >= 15 is 0 Å². The van der Waals surface area contributed by atoms with Gasteiger partial charge in [0.1, 0.15) is 9.96 Å². The Balaban J connectivity index is 1.68. The highest BCUT2D eigenvalue weighted by Gasteiger charge is 2.20. The molecule has 3 aromatic rings. The SMILES string of the molecule is CCN(CC)C(CNC(=O)c1ccc(NS(=O)(=O)c2cccs2)cc1)c1cccc(OC)c1. The fourth-order valence-electron chi connectivity index (χ4n) is 3.57. The van der Waals surface area contributed by atoms with E-state index in [1.54, 1.807) is 48.9 Å². The number of likely N-dealkylation sites (N-methyl/N-ethyl adjacent to an activating group) is 1. The summed E-state index contributed by atoms with van der Waals surface area (Å²) < 4.78 is 32.9. The number of hydrogen-bond donors (Lipinski definition) is 2. The largest absolute Gasteiger partial charge is 0.497 e. The summed E-state index contributed by atoms with van der Waals surface area (Å²) >= 11 is 1.15. The number of nitrogens with zero attached hydrogens (tertiary/aromatic N) is 1. The molecule has 1 atom stereocenters. The average molecular weight is 488 g/mol. The van der Waals surface area contributed by atoms with E-state index in [0.29, 0.717) is 17.8 Å². The van der Waals surface area contributed by atoms with Gasteiger partial charge in [-0.3, -0.25) is 14.4 Å². The second kappa shape index (κ2) is 11.3. The molecule has 0 aliphatic heterocycles. The normalized spacial score (nSPS) is 12.4. The van der Waals surface area contributed by atoms with Gasteiger partial charge in [-0.25, -0.2) is 8.42 Å². The van der Waals surface area contributed by atoms with E-state index in [1.165, 1.54) is 0 Å². The van der Waals surface area contributed by atoms with Crippen molar-refractivity contribution in [2.24, 2.45) is 0 Å². The molecule has 0 bridgehead atoms. The van der Waals surface area contributed by atoms with Crippen molar-refractivity contribution in [1.29, 1.82) is 0 Å². The van der Waals surface area contributed by atoms with Crippen LogP contribution < -0.4 is 14.8 Å². The smallest absolute Gasteiger partial charge is 0.271 e. The summed E-state index contributed by atoms with van der Waals surface area (Å²) in [5.41, 5.74) is 1.92. The number of ether oxygens (including phenoxy) is 1. The Labute approximate surface area is 199 Å². The first-order valence-electron chi connectivity index (χ1n) is 10.7. The van der Waals surface area contributed by atoms with Crippen LogP contribution in [-0.2, 0) is 10.0 Å². The highest BCUT2D eigenvalue weighted by atomic mass is 32.2. The third kappa shape index (κ3) is 6.34. The van der Waals surface area contributed by atoms with E-state index in [2.05, 4.69) is 28.8 Å². The number of thiophene rings is 1. The molecule has 0 spiro atoms. The number of anilines is 1. The molecule has 1 heterocycles. The maximum Gasteiger partial charge on any atom is 0.271 e. The molecule has 2 N–H and O–H groups in total. The molecular weight excluding hydrogens is 458 g/mol. The van der Waals surface area contributed by atoms with Crippen LogP contribution in [0.3, 0.4) is 0 Å². The Morgan fingerprint density at radius 1 is 1.06 bits per heavy atom. The lowest BCUT2D eigenvalue weighted by molar-refractivity contribution is 0.0935. The van der Waals surface area contributed by atoms with Gasteiger partial charge in [0.25, 0.3) is 15.9 Å². The van der Waals surface area contributed by atoms with Gasteiger partial charge < -0.3 is 10.1 Å². The van der Waals surface area contributed by atoms with Crippen molar-refractivity contribution in [3.05, 3.63) is 77.2 Å². The molecule has 7 nitrogen and oxygen atoms in total. The van der Waals surface area contributed by atoms with Crippen molar-refractivity contribution in [3.8, 4) is 5.75 Å². The van der Waals surface area contributed by atoms with Gasteiger partial charge >= 0.3 is 0 Å². The number of sulfonamides is 1. The molecule has 0 saturated heterocycles. The topological polar surface area (TPSA) is 87.7 Å². The lowest BCUT2D eigenvalue weighted by Gasteiger charge is -2.30. The first-order valence-corrected chi connectivity index (χ1v) is 13.1. The van der Waals surface area contributed by atoms with E-state index in [9.17, 15) is 13.2 Å². The van der Waals surface area contributed by atoms with Crippen LogP contribution in [0, 0.1) is 0 Å². The molecular formula is C24H29N3O4S2. The molecule has 2 aromatic carbocycles. The Morgan fingerprint density at radius 3 is 2.39 bits per heavy atom. The minimum atomic E-state index is -3.62. The summed E-state index contributed by atoms with van der Waals surface area (Å²) in [6, 6.07) is 17.5. The molecule has 3 rings (SSSR count). The molecule has 0 saturated carbocycles. The van der Waals surface area contributed by atoms with Crippen LogP contribution >= 0.6 is 11.3 Å². The molecule has 0 radical (unpaired) electrons. The number of carbonyl (C=O) groups is 1. The maximum absolute atomic E-state index is 12.8. The zero-order chi connectivity index (χ0) is 23.8. The quantitative estimate of drug-likeness (QED) is 0.419. The molecule has 0 aliphatic rings. The standard InChI is InChI=1S/C24H29N3O4S2/c1-4-27(5-2)22(19-8-6-9-21(16-19)31-3)17-25-24(28)18-11-13-20(14-12-18)26-33(29,30)23-10-7-15-32-23/h6-16,22,26H,4-5,17H2,1-3H3,(H,25,28). The van der Waals surface area contributed by atoms with Gasteiger partial charge in [-0.05, 0) is 66.5 Å². The number of rotatable bonds is 11. The fourth-order valence-corrected chi connectivity index (χ4v) is 5.63. The van der Waals surface area contributed by atoms with Crippen molar-refractivity contribution in [1.82, 2.24) is 10.2 Å². The molecule has 1 unspecified atom stereocenters. The van der Waals surface area contributed by atoms with Gasteiger partial charge in [0.15, 0.2) is 0 Å². The number of methoxy groups -OCH3 is 1. The summed E-state index contributed by atoms with van der Waals surface area (Å²) in [5.74, 6) is 0.555. The van der Waals surface area contributed by atoms with Crippen molar-refractivity contribution in [3.63, 3.8) is 0 Å². The molecule has 33 heavy (non-hydrogen) atoms. The minimum absolute atomic E-state index is 0.00377. The zero-order valence-electron chi connectivity index (χ0n) is 18.9. The Kier molecular flexibility index (Phi) is 8.49. The van der Waals surface area contributed by atoms with Gasteiger partial charge in [-0.2, -0.15) is 0 Å². The number of hydrogen-bond acceptors (Lipinski definition) is 6. The second-order valence-corrected chi connectivity index (χ2v) is 10.2. The van der Waals surface area contributed by atoms with E-state index in [4.69, 9.17) is 4.74 Å². The first-order chi connectivity index (χ1) is 15.9. The monoisotopic (exact) mass is 487 g/mol. The number of nitrogens with one attached hydrogen (secondary N) is 2. The van der Waals surface area contributed by atoms with E-state index in [1.807, 2.05) is 24.3 Å². The van der Waals surface area contributed by atoms with Crippen LogP contribution in [0.2, 0.25) is 0 Å². The summed E-state index contributed by atoms with van der Waals surface area (Å²) in [4.78, 5) is 15.1. The third-order valence-electron chi connectivity index (χ3n) is 5.35. The summed E-state index contributed by atoms with van der Waals surface area (Å²) in [6.45, 7) is 6.30. The van der Waals surface area contributed by atoms with Crippen molar-refractivity contribution < 1.29 is 17.9 Å². The zero-order valence-corrected chi connectivity index (χ0v) is 20.6. The van der Waals surface area contributed by atoms with Gasteiger partial charge in [0.05, 0.1) is 13.2 Å². The number of benzene rings is 2. The Bertz CT molecular complexity index is 1140. The molecule has 176 valence electrons. The van der Waals surface area contributed by atoms with Crippen LogP contribution in [0.1, 0.15) is 35.8 Å². The summed E-state index contributed by atoms with van der Waals surface area (Å²) in [6.07, 6.45) is 0. The predicted octanol–water partition coefficient (Wildman–Crippen LogP) is 4.37. The maximum atomic E-state index is 12.8. The van der Waals surface area contributed by atoms with Gasteiger partial charge in [0, 0.05) is 17.8 Å². The third-order valence-corrected chi connectivity index (χ3v) is 8.13. The minimum Gasteiger partial charge on any atom is -0.497 e. The Morgan fingerprint density at radius 2 is 1.79 bits per heavy atom. The molecule has 0 aliphatic carbocycles. The van der Waals surface area contributed by atoms with E-state index in [-0.39, 0.29) is 16.2 Å². The van der Waals surface area contributed by atoms with Crippen LogP contribution in [0.4, 0.5) is 5.69 Å². The predicted molar refractivity (Wildman–Crippen MR) is 133 cm³/mol. The van der Waals surface area contributed by atoms with Gasteiger partial charge in [-0.1, -0.05) is 32.0 Å². The fraction of sp³-hybridized carbons (Fsp3) is 0.292. The summed E-state index contributed by atoms with van der Waals surface area (Å²) in [5, 5.41) is 4.72. The summed E-state index contributed by atoms with van der Waals surface area (Å²) in [7, 11) is -1.99. The molecule has 1 aromatic heterocycles. The van der Waals surface area contributed by atoms with Gasteiger partial charge in [-0.15, -0.1) is 11.3 Å². The number of carbonyl (C=O) groups excluding carboxylic acids is 1. The Hall–Kier alpha value is -2.88. The van der Waals surface area contributed by atoms with Crippen molar-refractivity contribution in [2.75, 3.05) is 31.5 Å². The highest BCUT2D eigenvalue weighted by Crippen LogP contribution is 2.24. The lowest BCUT2D eigenvalue weighted by Crippen LogP contribution is -2.38. The molecule has 1 amide bonds. The van der Waals surface area contributed by atoms with Gasteiger partial charge in [0.2, 0.25) is 0 Å². The van der Waals surface area contributed by atoms with E-state index < -0.39 is 10.0 Å². The average Bonchev–Trinajstić information content (AvgIpc) is 3.38. The van der Waals surface area contributed by atoms with Crippen LogP contribution in [0.5, 0.6) is 5.75 Å². The van der Waals surface area contributed by atoms with Crippen LogP contribution in [0.25, 0.3) is 0 Å². The lowest BCUT2D eigenvalue weighted by atomic mass is 10.0. The second-order valence-electron chi connectivity index (χ2n) is 7.34. The molecule has 9 heteroatoms. The van der Waals surface area contributed by atoms with Crippen LogP contribution in [-0.4, -0.2) is 46.0 Å². The van der Waals surface area contributed by atoms with E-state index in [0.717, 1.165) is 35.7 Å². The molecule has 0 fully saturated rings. The highest BCUT2D eigenvalue weighted by molar-refractivity contribution is 7.94.